The van der Waals surface area contributed by atoms with Gasteiger partial charge in [0, 0.05) is 17.6 Å². The van der Waals surface area contributed by atoms with Gasteiger partial charge in [-0.15, -0.1) is 0 Å². The molecule has 8 nitrogen and oxygen atoms in total. The highest BCUT2D eigenvalue weighted by Gasteiger charge is 2.15. The van der Waals surface area contributed by atoms with Gasteiger partial charge < -0.3 is 15.8 Å². The van der Waals surface area contributed by atoms with Crippen molar-refractivity contribution < 1.29 is 9.90 Å². The number of pyridine rings is 1. The minimum absolute atomic E-state index is 0. The van der Waals surface area contributed by atoms with Crippen molar-refractivity contribution in [1.29, 1.82) is 0 Å². The number of nitrogens with one attached hydrogen (secondary N) is 2. The van der Waals surface area contributed by atoms with Crippen molar-refractivity contribution in [2.24, 2.45) is 0 Å². The maximum absolute atomic E-state index is 10.8. The van der Waals surface area contributed by atoms with Crippen molar-refractivity contribution in [2.45, 2.75) is 24.8 Å². The van der Waals surface area contributed by atoms with Gasteiger partial charge in [0.15, 0.2) is 5.16 Å². The van der Waals surface area contributed by atoms with E-state index in [1.807, 2.05) is 13.0 Å². The fraction of sp³-hybridized carbons (Fsp3) is 0.200. The highest BCUT2D eigenvalue weighted by Crippen LogP contribution is 2.34. The van der Waals surface area contributed by atoms with Crippen LogP contribution in [-0.4, -0.2) is 31.1 Å². The molecule has 0 fully saturated rings. The molecule has 0 aliphatic carbocycles. The Morgan fingerprint density at radius 1 is 1.44 bits per heavy atom. The highest BCUT2D eigenvalue weighted by molar-refractivity contribution is 7.99. The predicted molar refractivity (Wildman–Crippen MR) is 100 cm³/mol. The first kappa shape index (κ1) is 18.8. The number of aromatic nitrogens is 4. The summed E-state index contributed by atoms with van der Waals surface area (Å²) in [7, 11) is 0. The van der Waals surface area contributed by atoms with Crippen LogP contribution in [0.1, 0.15) is 25.3 Å². The predicted octanol–water partition coefficient (Wildman–Crippen LogP) is 4.17. The second kappa shape index (κ2) is 7.58. The van der Waals surface area contributed by atoms with Gasteiger partial charge in [-0.1, -0.05) is 30.8 Å². The molecular formula is C15H17ClN6O2S. The Bertz CT molecular complexity index is 896. The molecule has 0 radical (unpaired) electrons. The number of H-pyrrole nitrogens is 1. The van der Waals surface area contributed by atoms with Gasteiger partial charge in [-0.05, 0) is 13.0 Å². The van der Waals surface area contributed by atoms with Crippen LogP contribution in [0.3, 0.4) is 0 Å². The topological polar surface area (TPSA) is 130 Å². The van der Waals surface area contributed by atoms with Crippen molar-refractivity contribution in [3.63, 3.8) is 0 Å². The molecule has 132 valence electrons. The van der Waals surface area contributed by atoms with Gasteiger partial charge in [-0.3, -0.25) is 10.3 Å². The molecule has 3 aromatic heterocycles. The van der Waals surface area contributed by atoms with Gasteiger partial charge >= 0.3 is 6.09 Å². The standard InChI is InChI=1S/C14H13ClN6O2S.CH4/c1-6(24-13-20-11(15)3-12(16)21-13)8-2-7-9(4-17-8)18-5-10(7)19-14(22)23;/h2-6,18-19H,1H3,(H,22,23)(H2,16,20,21);1H4. The van der Waals surface area contributed by atoms with Gasteiger partial charge in [-0.2, -0.15) is 0 Å². The van der Waals surface area contributed by atoms with Gasteiger partial charge in [0.2, 0.25) is 0 Å². The number of thioether (sulfide) groups is 1. The lowest BCUT2D eigenvalue weighted by atomic mass is 10.2. The van der Waals surface area contributed by atoms with E-state index in [4.69, 9.17) is 22.4 Å². The monoisotopic (exact) mass is 380 g/mol. The summed E-state index contributed by atoms with van der Waals surface area (Å²) >= 11 is 7.24. The Kier molecular flexibility index (Phi) is 5.70. The number of amides is 1. The Morgan fingerprint density at radius 2 is 2.20 bits per heavy atom. The molecule has 0 bridgehead atoms. The first-order valence-corrected chi connectivity index (χ1v) is 8.12. The minimum atomic E-state index is -1.13. The molecule has 1 amide bonds. The second-order valence-electron chi connectivity index (χ2n) is 4.95. The number of rotatable bonds is 4. The maximum atomic E-state index is 10.8. The summed E-state index contributed by atoms with van der Waals surface area (Å²) in [6.07, 6.45) is 2.12. The van der Waals surface area contributed by atoms with Crippen molar-refractivity contribution in [2.75, 3.05) is 11.1 Å². The van der Waals surface area contributed by atoms with Crippen LogP contribution in [0.15, 0.2) is 29.7 Å². The summed E-state index contributed by atoms with van der Waals surface area (Å²) in [6.45, 7) is 1.94. The van der Waals surface area contributed by atoms with Crippen LogP contribution in [-0.2, 0) is 0 Å². The summed E-state index contributed by atoms with van der Waals surface area (Å²) in [5.74, 6) is 0.298. The van der Waals surface area contributed by atoms with Crippen LogP contribution >= 0.6 is 23.4 Å². The number of nitrogens with two attached hydrogens (primary N) is 1. The Morgan fingerprint density at radius 3 is 2.88 bits per heavy atom. The molecular weight excluding hydrogens is 364 g/mol. The average Bonchev–Trinajstić information content (AvgIpc) is 2.88. The van der Waals surface area contributed by atoms with E-state index in [0.29, 0.717) is 16.7 Å². The van der Waals surface area contributed by atoms with Gasteiger partial charge in [-0.25, -0.2) is 14.8 Å². The number of fused-ring (bicyclic) bond motifs is 1. The lowest BCUT2D eigenvalue weighted by Gasteiger charge is -2.10. The fourth-order valence-electron chi connectivity index (χ4n) is 2.16. The number of hydrogen-bond donors (Lipinski definition) is 4. The van der Waals surface area contributed by atoms with E-state index in [1.165, 1.54) is 17.8 Å². The number of anilines is 2. The van der Waals surface area contributed by atoms with Crippen molar-refractivity contribution in [1.82, 2.24) is 19.9 Å². The number of hydrogen-bond acceptors (Lipinski definition) is 6. The molecule has 3 aromatic rings. The van der Waals surface area contributed by atoms with Crippen LogP contribution in [0, 0.1) is 0 Å². The molecule has 25 heavy (non-hydrogen) atoms. The first-order chi connectivity index (χ1) is 11.4. The van der Waals surface area contributed by atoms with Crippen LogP contribution in [0.5, 0.6) is 0 Å². The molecule has 10 heteroatoms. The van der Waals surface area contributed by atoms with Crippen LogP contribution in [0.25, 0.3) is 10.9 Å². The van der Waals surface area contributed by atoms with Gasteiger partial charge in [0.25, 0.3) is 0 Å². The average molecular weight is 381 g/mol. The summed E-state index contributed by atoms with van der Waals surface area (Å²) in [6, 6.07) is 3.30. The zero-order valence-corrected chi connectivity index (χ0v) is 14.0. The number of carbonyl (C=O) groups is 1. The summed E-state index contributed by atoms with van der Waals surface area (Å²) in [5, 5.41) is 12.6. The fourth-order valence-corrected chi connectivity index (χ4v) is 3.28. The first-order valence-electron chi connectivity index (χ1n) is 6.86. The number of nitrogens with zero attached hydrogens (tertiary/aromatic N) is 3. The number of halogens is 1. The molecule has 0 aromatic carbocycles. The highest BCUT2D eigenvalue weighted by atomic mass is 35.5. The summed E-state index contributed by atoms with van der Waals surface area (Å²) in [4.78, 5) is 26.5. The molecule has 1 atom stereocenters. The van der Waals surface area contributed by atoms with Crippen LogP contribution in [0.2, 0.25) is 5.15 Å². The van der Waals surface area contributed by atoms with E-state index in [1.54, 1.807) is 12.4 Å². The summed E-state index contributed by atoms with van der Waals surface area (Å²) in [5.41, 5.74) is 7.63. The van der Waals surface area contributed by atoms with E-state index in [0.717, 1.165) is 16.6 Å². The maximum Gasteiger partial charge on any atom is 0.409 e. The van der Waals surface area contributed by atoms with E-state index < -0.39 is 6.09 Å². The smallest absolute Gasteiger partial charge is 0.409 e. The van der Waals surface area contributed by atoms with Crippen molar-refractivity contribution in [3.8, 4) is 0 Å². The van der Waals surface area contributed by atoms with Crippen molar-refractivity contribution in [3.05, 3.63) is 35.4 Å². The third-order valence-corrected chi connectivity index (χ3v) is 4.40. The quantitative estimate of drug-likeness (QED) is 0.303. The van der Waals surface area contributed by atoms with Crippen LogP contribution in [0.4, 0.5) is 16.3 Å². The normalized spacial score (nSPS) is 11.8. The lowest BCUT2D eigenvalue weighted by Crippen LogP contribution is -2.06. The molecule has 0 saturated heterocycles. The van der Waals surface area contributed by atoms with Gasteiger partial charge in [0.1, 0.15) is 11.0 Å². The third kappa shape index (κ3) is 4.31. The minimum Gasteiger partial charge on any atom is -0.465 e. The second-order valence-corrected chi connectivity index (χ2v) is 6.64. The largest absolute Gasteiger partial charge is 0.465 e. The number of carboxylic acid groups (broad SMARTS) is 1. The molecule has 5 N–H and O–H groups in total. The molecule has 3 heterocycles. The zero-order valence-electron chi connectivity index (χ0n) is 12.4. The Balaban J connectivity index is 0.00000225. The molecule has 0 saturated carbocycles. The third-order valence-electron chi connectivity index (χ3n) is 3.22. The Labute approximate surface area is 153 Å². The SMILES string of the molecule is C.CC(Sc1nc(N)cc(Cl)n1)c1cc2c(NC(=O)O)c[nH]c2cn1. The lowest BCUT2D eigenvalue weighted by molar-refractivity contribution is 0.210. The zero-order chi connectivity index (χ0) is 17.3. The Hall–Kier alpha value is -2.52. The van der Waals surface area contributed by atoms with E-state index >= 15 is 0 Å². The van der Waals surface area contributed by atoms with E-state index in [9.17, 15) is 4.79 Å². The molecule has 0 aliphatic rings. The number of nitrogen functional groups attached to an aromatic ring is 1. The van der Waals surface area contributed by atoms with E-state index in [-0.39, 0.29) is 17.8 Å². The van der Waals surface area contributed by atoms with E-state index in [2.05, 4.69) is 25.3 Å². The number of aromatic amines is 1. The van der Waals surface area contributed by atoms with Crippen LogP contribution < -0.4 is 11.1 Å². The summed E-state index contributed by atoms with van der Waals surface area (Å²) < 4.78 is 0. The molecule has 3 rings (SSSR count). The van der Waals surface area contributed by atoms with Crippen molar-refractivity contribution >= 4 is 51.9 Å². The molecule has 1 unspecified atom stereocenters. The molecule has 0 aliphatic heterocycles. The molecule has 0 spiro atoms. The van der Waals surface area contributed by atoms with Gasteiger partial charge in [0.05, 0.1) is 28.3 Å².